The van der Waals surface area contributed by atoms with Crippen LogP contribution in [0.15, 0.2) is 0 Å². The van der Waals surface area contributed by atoms with Gasteiger partial charge in [0.25, 0.3) is 0 Å². The first-order chi connectivity index (χ1) is 6.88. The lowest BCUT2D eigenvalue weighted by molar-refractivity contribution is -0.0961. The molecule has 1 unspecified atom stereocenters. The Balaban J connectivity index is 2.25. The fourth-order valence-corrected chi connectivity index (χ4v) is 1.89. The van der Waals surface area contributed by atoms with Gasteiger partial charge in [-0.25, -0.2) is 0 Å². The van der Waals surface area contributed by atoms with Crippen molar-refractivity contribution in [2.75, 3.05) is 20.1 Å². The number of nitrogens with zero attached hydrogens (tertiary/aromatic N) is 1. The molecule has 0 radical (unpaired) electrons. The molecule has 1 fully saturated rings. The van der Waals surface area contributed by atoms with Crippen molar-refractivity contribution in [2.24, 2.45) is 5.92 Å². The minimum atomic E-state index is -0.0975. The Morgan fingerprint density at radius 2 is 1.80 bits per heavy atom. The molecule has 1 N–H and O–H groups in total. The van der Waals surface area contributed by atoms with Crippen molar-refractivity contribution >= 4 is 0 Å². The van der Waals surface area contributed by atoms with E-state index in [-0.39, 0.29) is 5.60 Å². The van der Waals surface area contributed by atoms with E-state index in [0.717, 1.165) is 5.92 Å². The van der Waals surface area contributed by atoms with Crippen LogP contribution in [0.2, 0.25) is 0 Å². The fraction of sp³-hybridized carbons (Fsp3) is 1.00. The van der Waals surface area contributed by atoms with Gasteiger partial charge >= 0.3 is 0 Å². The highest BCUT2D eigenvalue weighted by Crippen LogP contribution is 2.20. The zero-order valence-corrected chi connectivity index (χ0v) is 10.8. The van der Waals surface area contributed by atoms with E-state index in [1.807, 2.05) is 0 Å². The molecule has 0 bridgehead atoms. The molecule has 0 aromatic carbocycles. The Morgan fingerprint density at radius 1 is 1.27 bits per heavy atom. The average molecular weight is 214 g/mol. The highest BCUT2D eigenvalue weighted by Gasteiger charge is 2.23. The van der Waals surface area contributed by atoms with E-state index in [1.165, 1.54) is 25.9 Å². The van der Waals surface area contributed by atoms with Crippen molar-refractivity contribution in [2.45, 2.75) is 52.2 Å². The number of likely N-dealkylation sites (tertiary alicyclic amines) is 1. The van der Waals surface area contributed by atoms with Gasteiger partial charge in [0.2, 0.25) is 0 Å². The standard InChI is InChI=1S/C12H26N2O/c1-10(13-15-12(2,3)4)11-6-8-14(5)9-7-11/h10-11,13H,6-9H2,1-5H3. The molecule has 0 spiro atoms. The maximum Gasteiger partial charge on any atom is 0.0813 e. The number of hydrogen-bond acceptors (Lipinski definition) is 3. The third-order valence-electron chi connectivity index (χ3n) is 3.02. The van der Waals surface area contributed by atoms with E-state index in [1.54, 1.807) is 0 Å². The normalized spacial score (nSPS) is 23.0. The molecule has 0 aromatic heterocycles. The van der Waals surface area contributed by atoms with Crippen LogP contribution in [0, 0.1) is 5.92 Å². The molecule has 1 saturated heterocycles. The summed E-state index contributed by atoms with van der Waals surface area (Å²) in [6, 6.07) is 0.456. The van der Waals surface area contributed by atoms with Crippen molar-refractivity contribution in [3.05, 3.63) is 0 Å². The first-order valence-corrected chi connectivity index (χ1v) is 6.00. The molecule has 1 atom stereocenters. The molecule has 1 aliphatic heterocycles. The van der Waals surface area contributed by atoms with Crippen LogP contribution in [0.5, 0.6) is 0 Å². The lowest BCUT2D eigenvalue weighted by Crippen LogP contribution is -2.43. The Morgan fingerprint density at radius 3 is 2.27 bits per heavy atom. The molecular weight excluding hydrogens is 188 g/mol. The Kier molecular flexibility index (Phi) is 4.56. The Labute approximate surface area is 94.1 Å². The van der Waals surface area contributed by atoms with E-state index in [9.17, 15) is 0 Å². The number of hydrogen-bond donors (Lipinski definition) is 1. The maximum atomic E-state index is 5.61. The first kappa shape index (κ1) is 12.9. The molecule has 90 valence electrons. The summed E-state index contributed by atoms with van der Waals surface area (Å²) in [5, 5.41) is 0. The summed E-state index contributed by atoms with van der Waals surface area (Å²) in [6.45, 7) is 10.9. The summed E-state index contributed by atoms with van der Waals surface area (Å²) < 4.78 is 0. The van der Waals surface area contributed by atoms with Crippen LogP contribution in [0.3, 0.4) is 0 Å². The molecule has 0 amide bonds. The molecule has 15 heavy (non-hydrogen) atoms. The Bertz CT molecular complexity index is 181. The molecule has 1 heterocycles. The topological polar surface area (TPSA) is 24.5 Å². The summed E-state index contributed by atoms with van der Waals surface area (Å²) in [4.78, 5) is 8.00. The van der Waals surface area contributed by atoms with Gasteiger partial charge in [-0.05, 0) is 66.6 Å². The van der Waals surface area contributed by atoms with Crippen molar-refractivity contribution < 1.29 is 4.84 Å². The highest BCUT2D eigenvalue weighted by molar-refractivity contribution is 4.76. The van der Waals surface area contributed by atoms with Gasteiger partial charge in [0.15, 0.2) is 0 Å². The third kappa shape index (κ3) is 4.96. The zero-order valence-electron chi connectivity index (χ0n) is 10.8. The molecule has 0 saturated carbocycles. The van der Waals surface area contributed by atoms with Crippen molar-refractivity contribution in [3.8, 4) is 0 Å². The van der Waals surface area contributed by atoms with Crippen LogP contribution in [0.1, 0.15) is 40.5 Å². The number of nitrogens with one attached hydrogen (secondary N) is 1. The van der Waals surface area contributed by atoms with Crippen molar-refractivity contribution in [1.29, 1.82) is 0 Å². The average Bonchev–Trinajstić information content (AvgIpc) is 2.14. The predicted molar refractivity (Wildman–Crippen MR) is 63.7 cm³/mol. The summed E-state index contributed by atoms with van der Waals surface area (Å²) in [6.07, 6.45) is 2.55. The lowest BCUT2D eigenvalue weighted by atomic mass is 9.91. The van der Waals surface area contributed by atoms with Crippen LogP contribution in [0.25, 0.3) is 0 Å². The summed E-state index contributed by atoms with van der Waals surface area (Å²) in [7, 11) is 2.19. The van der Waals surface area contributed by atoms with Crippen molar-refractivity contribution in [3.63, 3.8) is 0 Å². The smallest absolute Gasteiger partial charge is 0.0813 e. The summed E-state index contributed by atoms with van der Waals surface area (Å²) in [5.74, 6) is 0.753. The second-order valence-corrected chi connectivity index (χ2v) is 5.76. The second-order valence-electron chi connectivity index (χ2n) is 5.76. The summed E-state index contributed by atoms with van der Waals surface area (Å²) >= 11 is 0. The van der Waals surface area contributed by atoms with Gasteiger partial charge in [0.1, 0.15) is 0 Å². The molecule has 1 aliphatic rings. The highest BCUT2D eigenvalue weighted by atomic mass is 16.7. The van der Waals surface area contributed by atoms with Crippen LogP contribution in [-0.2, 0) is 4.84 Å². The SMILES string of the molecule is CC(NOC(C)(C)C)C1CCN(C)CC1. The van der Waals surface area contributed by atoms with Gasteiger partial charge in [-0.3, -0.25) is 4.84 Å². The zero-order chi connectivity index (χ0) is 11.5. The molecular formula is C12H26N2O. The number of hydroxylamine groups is 1. The Hall–Kier alpha value is -0.120. The van der Waals surface area contributed by atoms with Crippen LogP contribution in [-0.4, -0.2) is 36.7 Å². The van der Waals surface area contributed by atoms with Crippen molar-refractivity contribution in [1.82, 2.24) is 10.4 Å². The third-order valence-corrected chi connectivity index (χ3v) is 3.02. The molecule has 3 heteroatoms. The van der Waals surface area contributed by atoms with Gasteiger partial charge < -0.3 is 4.90 Å². The quantitative estimate of drug-likeness (QED) is 0.728. The first-order valence-electron chi connectivity index (χ1n) is 6.00. The maximum absolute atomic E-state index is 5.61. The van der Waals surface area contributed by atoms with E-state index >= 15 is 0 Å². The molecule has 0 aliphatic carbocycles. The lowest BCUT2D eigenvalue weighted by Gasteiger charge is -2.34. The van der Waals surface area contributed by atoms with E-state index in [4.69, 9.17) is 4.84 Å². The number of rotatable bonds is 3. The second kappa shape index (κ2) is 5.28. The van der Waals surface area contributed by atoms with E-state index < -0.39 is 0 Å². The van der Waals surface area contributed by atoms with E-state index in [2.05, 4.69) is 45.1 Å². The molecule has 1 rings (SSSR count). The van der Waals surface area contributed by atoms with Crippen LogP contribution >= 0.6 is 0 Å². The van der Waals surface area contributed by atoms with Gasteiger partial charge in [-0.15, -0.1) is 0 Å². The minimum absolute atomic E-state index is 0.0975. The largest absolute Gasteiger partial charge is 0.306 e. The molecule has 0 aromatic rings. The van der Waals surface area contributed by atoms with E-state index in [0.29, 0.717) is 6.04 Å². The van der Waals surface area contributed by atoms with Gasteiger partial charge in [0, 0.05) is 6.04 Å². The molecule has 3 nitrogen and oxygen atoms in total. The fourth-order valence-electron chi connectivity index (χ4n) is 1.89. The minimum Gasteiger partial charge on any atom is -0.306 e. The van der Waals surface area contributed by atoms with Gasteiger partial charge in [-0.1, -0.05) is 0 Å². The van der Waals surface area contributed by atoms with Gasteiger partial charge in [0.05, 0.1) is 5.60 Å². The van der Waals surface area contributed by atoms with Crippen LogP contribution in [0.4, 0.5) is 0 Å². The monoisotopic (exact) mass is 214 g/mol. The number of piperidine rings is 1. The summed E-state index contributed by atoms with van der Waals surface area (Å²) in [5.41, 5.74) is 3.09. The van der Waals surface area contributed by atoms with Gasteiger partial charge in [-0.2, -0.15) is 5.48 Å². The van der Waals surface area contributed by atoms with Crippen LogP contribution < -0.4 is 5.48 Å². The predicted octanol–water partition coefficient (Wildman–Crippen LogP) is 2.04.